The van der Waals surface area contributed by atoms with Crippen molar-refractivity contribution in [3.8, 4) is 11.5 Å². The largest absolute Gasteiger partial charge is 0.497 e. The number of carbonyl (C=O) groups excluding carboxylic acids is 1. The Morgan fingerprint density at radius 3 is 2.42 bits per heavy atom. The van der Waals surface area contributed by atoms with E-state index in [1.54, 1.807) is 38.3 Å². The number of hydrogen-bond donors (Lipinski definition) is 1. The van der Waals surface area contributed by atoms with Crippen molar-refractivity contribution in [2.75, 3.05) is 12.4 Å². The highest BCUT2D eigenvalue weighted by atomic mass is 79.9. The molecule has 8 heteroatoms. The van der Waals surface area contributed by atoms with Crippen molar-refractivity contribution in [2.45, 2.75) is 13.0 Å². The van der Waals surface area contributed by atoms with Gasteiger partial charge in [0.1, 0.15) is 11.5 Å². The molecule has 24 heavy (non-hydrogen) atoms. The Balaban J connectivity index is 2.05. The highest BCUT2D eigenvalue weighted by molar-refractivity contribution is 9.10. The van der Waals surface area contributed by atoms with Crippen LogP contribution >= 0.6 is 15.9 Å². The van der Waals surface area contributed by atoms with E-state index in [1.165, 1.54) is 18.2 Å². The Morgan fingerprint density at radius 2 is 1.83 bits per heavy atom. The summed E-state index contributed by atoms with van der Waals surface area (Å²) in [4.78, 5) is 22.5. The highest BCUT2D eigenvalue weighted by Crippen LogP contribution is 2.27. The third-order valence-electron chi connectivity index (χ3n) is 3.16. The summed E-state index contributed by atoms with van der Waals surface area (Å²) in [5.41, 5.74) is 0.191. The van der Waals surface area contributed by atoms with E-state index in [2.05, 4.69) is 21.2 Å². The first kappa shape index (κ1) is 17.7. The molecule has 0 bridgehead atoms. The van der Waals surface area contributed by atoms with Crippen LogP contribution in [-0.4, -0.2) is 24.0 Å². The molecule has 1 unspecified atom stereocenters. The molecule has 1 amide bonds. The number of halogens is 1. The van der Waals surface area contributed by atoms with Gasteiger partial charge in [0.2, 0.25) is 0 Å². The molecular weight excluding hydrogens is 380 g/mol. The number of ether oxygens (including phenoxy) is 2. The van der Waals surface area contributed by atoms with Crippen molar-refractivity contribution < 1.29 is 19.2 Å². The molecule has 2 aromatic rings. The van der Waals surface area contributed by atoms with Crippen LogP contribution in [0.3, 0.4) is 0 Å². The minimum atomic E-state index is -0.787. The molecule has 0 aliphatic heterocycles. The van der Waals surface area contributed by atoms with Gasteiger partial charge < -0.3 is 14.8 Å². The first-order valence-electron chi connectivity index (χ1n) is 6.96. The number of nitrogens with zero attached hydrogens (tertiary/aromatic N) is 1. The summed E-state index contributed by atoms with van der Waals surface area (Å²) < 4.78 is 11.1. The van der Waals surface area contributed by atoms with E-state index in [1.807, 2.05) is 0 Å². The van der Waals surface area contributed by atoms with Gasteiger partial charge in [-0.25, -0.2) is 0 Å². The van der Waals surface area contributed by atoms with E-state index >= 15 is 0 Å². The van der Waals surface area contributed by atoms with E-state index in [9.17, 15) is 14.9 Å². The Morgan fingerprint density at radius 1 is 1.21 bits per heavy atom. The van der Waals surface area contributed by atoms with Crippen molar-refractivity contribution >= 4 is 33.2 Å². The van der Waals surface area contributed by atoms with Gasteiger partial charge in [0.25, 0.3) is 11.6 Å². The maximum absolute atomic E-state index is 12.2. The zero-order valence-corrected chi connectivity index (χ0v) is 14.6. The third kappa shape index (κ3) is 4.45. The van der Waals surface area contributed by atoms with Gasteiger partial charge in [-0.2, -0.15) is 0 Å². The number of anilines is 1. The summed E-state index contributed by atoms with van der Waals surface area (Å²) in [6, 6.07) is 10.9. The highest BCUT2D eigenvalue weighted by Gasteiger charge is 2.18. The van der Waals surface area contributed by atoms with Crippen molar-refractivity contribution in [1.29, 1.82) is 0 Å². The van der Waals surface area contributed by atoms with Gasteiger partial charge in [0, 0.05) is 16.6 Å². The van der Waals surface area contributed by atoms with Crippen LogP contribution in [0.2, 0.25) is 0 Å². The second-order valence-corrected chi connectivity index (χ2v) is 5.70. The van der Waals surface area contributed by atoms with Crippen LogP contribution in [0.25, 0.3) is 0 Å². The molecular formula is C16H15BrN2O5. The van der Waals surface area contributed by atoms with Crippen LogP contribution in [0.4, 0.5) is 11.4 Å². The quantitative estimate of drug-likeness (QED) is 0.594. The molecule has 0 aliphatic carbocycles. The molecule has 0 radical (unpaired) electrons. The Labute approximate surface area is 146 Å². The fraction of sp³-hybridized carbons (Fsp3) is 0.188. The molecule has 1 N–H and O–H groups in total. The van der Waals surface area contributed by atoms with Gasteiger partial charge in [0.15, 0.2) is 6.10 Å². The number of non-ortho nitro benzene ring substituents is 1. The van der Waals surface area contributed by atoms with E-state index in [0.717, 1.165) is 0 Å². The number of hydrogen-bond acceptors (Lipinski definition) is 5. The van der Waals surface area contributed by atoms with Gasteiger partial charge in [0.05, 0.1) is 17.7 Å². The van der Waals surface area contributed by atoms with Crippen molar-refractivity contribution in [1.82, 2.24) is 0 Å². The maximum atomic E-state index is 12.2. The number of amides is 1. The summed E-state index contributed by atoms with van der Waals surface area (Å²) in [6.45, 7) is 1.59. The second-order valence-electron chi connectivity index (χ2n) is 4.85. The lowest BCUT2D eigenvalue weighted by Crippen LogP contribution is -2.30. The van der Waals surface area contributed by atoms with Gasteiger partial charge in [-0.3, -0.25) is 14.9 Å². The van der Waals surface area contributed by atoms with Crippen molar-refractivity contribution in [3.05, 3.63) is 57.1 Å². The average Bonchev–Trinajstić information content (AvgIpc) is 2.57. The topological polar surface area (TPSA) is 90.7 Å². The van der Waals surface area contributed by atoms with Crippen LogP contribution in [-0.2, 0) is 4.79 Å². The number of nitro groups is 1. The fourth-order valence-electron chi connectivity index (χ4n) is 1.87. The third-order valence-corrected chi connectivity index (χ3v) is 3.85. The number of benzene rings is 2. The second kappa shape index (κ2) is 7.78. The minimum Gasteiger partial charge on any atom is -0.497 e. The molecule has 2 rings (SSSR count). The lowest BCUT2D eigenvalue weighted by atomic mass is 10.2. The molecule has 0 saturated heterocycles. The van der Waals surface area contributed by atoms with E-state index in [0.29, 0.717) is 21.7 Å². The molecule has 0 aliphatic rings. The predicted octanol–water partition coefficient (Wildman–Crippen LogP) is 3.77. The molecule has 1 atom stereocenters. The molecule has 0 aromatic heterocycles. The summed E-state index contributed by atoms with van der Waals surface area (Å²) in [5, 5.41) is 13.4. The smallest absolute Gasteiger partial charge is 0.271 e. The van der Waals surface area contributed by atoms with Crippen LogP contribution < -0.4 is 14.8 Å². The molecule has 0 heterocycles. The molecule has 0 saturated carbocycles. The zero-order valence-electron chi connectivity index (χ0n) is 13.0. The van der Waals surface area contributed by atoms with Crippen LogP contribution in [0.15, 0.2) is 46.9 Å². The number of nitro benzene ring substituents is 1. The first-order valence-corrected chi connectivity index (χ1v) is 7.75. The molecule has 7 nitrogen and oxygen atoms in total. The lowest BCUT2D eigenvalue weighted by molar-refractivity contribution is -0.384. The van der Waals surface area contributed by atoms with Crippen LogP contribution in [0.1, 0.15) is 6.92 Å². The lowest BCUT2D eigenvalue weighted by Gasteiger charge is -2.15. The normalized spacial score (nSPS) is 11.5. The molecule has 0 spiro atoms. The standard InChI is InChI=1S/C16H15BrN2O5/c1-10(24-13-6-4-12(23-2)5-7-13)16(20)18-15-9-11(19(21)22)3-8-14(15)17/h3-10H,1-2H3,(H,18,20). The molecule has 2 aromatic carbocycles. The van der Waals surface area contributed by atoms with Gasteiger partial charge in [-0.1, -0.05) is 0 Å². The Kier molecular flexibility index (Phi) is 5.75. The fourth-order valence-corrected chi connectivity index (χ4v) is 2.21. The summed E-state index contributed by atoms with van der Waals surface area (Å²) in [7, 11) is 1.56. The first-order chi connectivity index (χ1) is 11.4. The summed E-state index contributed by atoms with van der Waals surface area (Å²) in [6.07, 6.45) is -0.787. The van der Waals surface area contributed by atoms with Gasteiger partial charge in [-0.15, -0.1) is 0 Å². The predicted molar refractivity (Wildman–Crippen MR) is 92.5 cm³/mol. The molecule has 126 valence electrons. The number of rotatable bonds is 6. The number of nitrogens with one attached hydrogen (secondary N) is 1. The summed E-state index contributed by atoms with van der Waals surface area (Å²) >= 11 is 3.25. The zero-order chi connectivity index (χ0) is 17.7. The Bertz CT molecular complexity index is 749. The van der Waals surface area contributed by atoms with Crippen LogP contribution in [0.5, 0.6) is 11.5 Å². The minimum absolute atomic E-state index is 0.114. The van der Waals surface area contributed by atoms with Crippen molar-refractivity contribution in [3.63, 3.8) is 0 Å². The van der Waals surface area contributed by atoms with E-state index in [-0.39, 0.29) is 5.69 Å². The van der Waals surface area contributed by atoms with E-state index in [4.69, 9.17) is 9.47 Å². The van der Waals surface area contributed by atoms with Gasteiger partial charge in [-0.05, 0) is 53.2 Å². The maximum Gasteiger partial charge on any atom is 0.271 e. The number of carbonyl (C=O) groups is 1. The van der Waals surface area contributed by atoms with Gasteiger partial charge >= 0.3 is 0 Å². The average molecular weight is 395 g/mol. The van der Waals surface area contributed by atoms with Crippen molar-refractivity contribution in [2.24, 2.45) is 0 Å². The Hall–Kier alpha value is -2.61. The number of methoxy groups -OCH3 is 1. The molecule has 0 fully saturated rings. The van der Waals surface area contributed by atoms with Crippen LogP contribution in [0, 0.1) is 10.1 Å². The summed E-state index contributed by atoms with van der Waals surface area (Å²) in [5.74, 6) is 0.767. The van der Waals surface area contributed by atoms with E-state index < -0.39 is 16.9 Å². The SMILES string of the molecule is COc1ccc(OC(C)C(=O)Nc2cc([N+](=O)[O-])ccc2Br)cc1. The monoisotopic (exact) mass is 394 g/mol.